The molecule has 0 amide bonds. The van der Waals surface area contributed by atoms with Crippen LogP contribution in [0.5, 0.6) is 0 Å². The van der Waals surface area contributed by atoms with Gasteiger partial charge in [-0.15, -0.1) is 0 Å². The van der Waals surface area contributed by atoms with Crippen molar-refractivity contribution in [2.45, 2.75) is 0 Å². The molecule has 2 saturated heterocycles. The third kappa shape index (κ3) is 44.3. The minimum atomic E-state index is 0.688. The Kier molecular flexibility index (Phi) is 51.5. The lowest BCUT2D eigenvalue weighted by atomic mass is 10.3. The first-order chi connectivity index (χ1) is 27.6. The monoisotopic (exact) mass is 809 g/mol. The second kappa shape index (κ2) is 50.3. The number of piperazine rings is 2. The number of hydrogen-bond acceptors (Lipinski definition) is 20. The smallest absolute Gasteiger partial charge is 0.0110 e. The number of hydrogen-bond donors (Lipinski definition) is 16. The van der Waals surface area contributed by atoms with E-state index in [0.29, 0.717) is 32.7 Å². The second-order valence-corrected chi connectivity index (χ2v) is 13.7. The molecule has 2 aliphatic heterocycles. The van der Waals surface area contributed by atoms with Crippen LogP contribution in [0.4, 0.5) is 0 Å². The molecular weight excluding hydrogens is 713 g/mol. The van der Waals surface area contributed by atoms with E-state index in [2.05, 4.69) is 62.1 Å². The van der Waals surface area contributed by atoms with E-state index >= 15 is 0 Å². The van der Waals surface area contributed by atoms with Crippen molar-refractivity contribution in [2.75, 3.05) is 236 Å². The van der Waals surface area contributed by atoms with Crippen LogP contribution < -0.4 is 88.4 Å². The fraction of sp³-hybridized carbons (Fsp3) is 1.00. The van der Waals surface area contributed by atoms with Crippen LogP contribution in [0.3, 0.4) is 0 Å². The zero-order chi connectivity index (χ0) is 41.4. The van der Waals surface area contributed by atoms with Gasteiger partial charge in [0.05, 0.1) is 0 Å². The molecule has 56 heavy (non-hydrogen) atoms. The van der Waals surface area contributed by atoms with Crippen molar-refractivity contribution in [1.82, 2.24) is 62.1 Å². The highest BCUT2D eigenvalue weighted by Crippen LogP contribution is 1.99. The molecule has 0 spiro atoms. The van der Waals surface area contributed by atoms with Crippen LogP contribution in [-0.2, 0) is 0 Å². The van der Waals surface area contributed by atoms with Gasteiger partial charge in [0.1, 0.15) is 0 Å². The maximum atomic E-state index is 5.53. The fourth-order valence-corrected chi connectivity index (χ4v) is 5.68. The Labute approximate surface area is 343 Å². The molecule has 0 bridgehead atoms. The van der Waals surface area contributed by atoms with Gasteiger partial charge in [0.15, 0.2) is 0 Å². The average Bonchev–Trinajstić information content (AvgIpc) is 3.22. The van der Waals surface area contributed by atoms with Crippen molar-refractivity contribution in [2.24, 2.45) is 45.9 Å². The average molecular weight is 809 g/mol. The molecule has 340 valence electrons. The summed E-state index contributed by atoms with van der Waals surface area (Å²) < 4.78 is 0. The Morgan fingerprint density at radius 1 is 0.321 bits per heavy atom. The van der Waals surface area contributed by atoms with Crippen LogP contribution in [0.1, 0.15) is 0 Å². The summed E-state index contributed by atoms with van der Waals surface area (Å²) in [6.07, 6.45) is 0. The van der Waals surface area contributed by atoms with Crippen LogP contribution in [0, 0.1) is 0 Å². The molecule has 0 aromatic carbocycles. The van der Waals surface area contributed by atoms with E-state index in [1.807, 2.05) is 0 Å². The largest absolute Gasteiger partial charge is 0.329 e. The summed E-state index contributed by atoms with van der Waals surface area (Å²) in [6.45, 7) is 34.8. The number of rotatable bonds is 34. The standard InChI is InChI=1S/2C10H25N5.2C8H23N5/c11-1-3-13-4-6-15-9-7-14(5-2-12)8-10-15;11-1-2-12-3-4-13-5-8-15-9-6-14-7-10-15;9-1-4-12-5-8-13(6-2-10)7-3-11;9-1-3-11-5-7-13-8-6-12-4-2-10/h13H,1-12H2;12-14H,1-11H2;12H,1-11H2;11-13H,1-10H2. The summed E-state index contributed by atoms with van der Waals surface area (Å²) >= 11 is 0. The van der Waals surface area contributed by atoms with Crippen LogP contribution >= 0.6 is 0 Å². The molecule has 20 heteroatoms. The first-order valence-corrected chi connectivity index (χ1v) is 21.7. The highest BCUT2D eigenvalue weighted by Gasteiger charge is 2.15. The van der Waals surface area contributed by atoms with E-state index < -0.39 is 0 Å². The van der Waals surface area contributed by atoms with Crippen molar-refractivity contribution in [3.05, 3.63) is 0 Å². The Morgan fingerprint density at radius 3 is 1.02 bits per heavy atom. The number of nitrogens with one attached hydrogen (secondary N) is 8. The predicted octanol–water partition coefficient (Wildman–Crippen LogP) is -8.43. The molecule has 0 aromatic heterocycles. The molecule has 0 atom stereocenters. The molecule has 2 fully saturated rings. The van der Waals surface area contributed by atoms with E-state index in [1.165, 1.54) is 32.7 Å². The van der Waals surface area contributed by atoms with E-state index in [1.54, 1.807) is 0 Å². The molecule has 2 rings (SSSR count). The summed E-state index contributed by atoms with van der Waals surface area (Å²) in [5.74, 6) is 0. The zero-order valence-corrected chi connectivity index (χ0v) is 35.9. The van der Waals surface area contributed by atoms with Gasteiger partial charge in [0.25, 0.3) is 0 Å². The van der Waals surface area contributed by atoms with Crippen LogP contribution in [-0.4, -0.2) is 255 Å². The molecule has 2 heterocycles. The van der Waals surface area contributed by atoms with Crippen LogP contribution in [0.15, 0.2) is 0 Å². The molecule has 0 radical (unpaired) electrons. The van der Waals surface area contributed by atoms with E-state index in [4.69, 9.17) is 45.9 Å². The summed E-state index contributed by atoms with van der Waals surface area (Å²) in [7, 11) is 0. The summed E-state index contributed by atoms with van der Waals surface area (Å²) in [4.78, 5) is 9.68. The van der Waals surface area contributed by atoms with Gasteiger partial charge in [0, 0.05) is 236 Å². The third-order valence-corrected chi connectivity index (χ3v) is 8.87. The van der Waals surface area contributed by atoms with Gasteiger partial charge in [-0.2, -0.15) is 0 Å². The lowest BCUT2D eigenvalue weighted by molar-refractivity contribution is 0.136. The minimum absolute atomic E-state index is 0.688. The second-order valence-electron chi connectivity index (χ2n) is 13.7. The van der Waals surface area contributed by atoms with E-state index in [-0.39, 0.29) is 0 Å². The molecule has 0 unspecified atom stereocenters. The number of nitrogens with zero attached hydrogens (tertiary/aromatic N) is 4. The SMILES string of the molecule is NCCNCCN(CCN)CCN.NCCNCCN1CCN(CCN)CC1.NCCNCCNCCN1CCNCC1.NCCNCCNCCNCCN. The molecule has 0 aromatic rings. The van der Waals surface area contributed by atoms with Gasteiger partial charge in [-0.3, -0.25) is 19.6 Å². The van der Waals surface area contributed by atoms with Crippen LogP contribution in [0.2, 0.25) is 0 Å². The summed E-state index contributed by atoms with van der Waals surface area (Å²) in [5.41, 5.74) is 43.2. The quantitative estimate of drug-likeness (QED) is 0.0269. The highest BCUT2D eigenvalue weighted by atomic mass is 15.3. The van der Waals surface area contributed by atoms with E-state index in [0.717, 1.165) is 170 Å². The molecule has 2 aliphatic rings. The Morgan fingerprint density at radius 2 is 0.643 bits per heavy atom. The predicted molar refractivity (Wildman–Crippen MR) is 241 cm³/mol. The van der Waals surface area contributed by atoms with Gasteiger partial charge in [-0.05, 0) is 0 Å². The van der Waals surface area contributed by atoms with E-state index in [9.17, 15) is 0 Å². The van der Waals surface area contributed by atoms with Crippen molar-refractivity contribution in [1.29, 1.82) is 0 Å². The lowest BCUT2D eigenvalue weighted by Crippen LogP contribution is -2.49. The molecule has 0 aliphatic carbocycles. The van der Waals surface area contributed by atoms with Gasteiger partial charge >= 0.3 is 0 Å². The first kappa shape index (κ1) is 57.3. The highest BCUT2D eigenvalue weighted by molar-refractivity contribution is 4.73. The minimum Gasteiger partial charge on any atom is -0.329 e. The van der Waals surface area contributed by atoms with Gasteiger partial charge in [-0.1, -0.05) is 0 Å². The van der Waals surface area contributed by atoms with Crippen molar-refractivity contribution >= 4 is 0 Å². The Bertz CT molecular complexity index is 666. The topological polar surface area (TPSA) is 317 Å². The summed E-state index contributed by atoms with van der Waals surface area (Å²) in [5, 5.41) is 26.3. The van der Waals surface area contributed by atoms with Crippen LogP contribution in [0.25, 0.3) is 0 Å². The van der Waals surface area contributed by atoms with Gasteiger partial charge in [0.2, 0.25) is 0 Å². The maximum Gasteiger partial charge on any atom is 0.0110 e. The first-order valence-electron chi connectivity index (χ1n) is 21.7. The lowest BCUT2D eigenvalue weighted by Gasteiger charge is -2.34. The zero-order valence-electron chi connectivity index (χ0n) is 35.9. The third-order valence-electron chi connectivity index (χ3n) is 8.87. The maximum absolute atomic E-state index is 5.53. The number of nitrogens with two attached hydrogens (primary N) is 8. The normalized spacial score (nSPS) is 15.2. The molecule has 0 saturated carbocycles. The Balaban J connectivity index is 0. The van der Waals surface area contributed by atoms with Gasteiger partial charge in [-0.25, -0.2) is 0 Å². The molecule has 20 nitrogen and oxygen atoms in total. The van der Waals surface area contributed by atoms with Crippen molar-refractivity contribution in [3.8, 4) is 0 Å². The van der Waals surface area contributed by atoms with Crippen molar-refractivity contribution in [3.63, 3.8) is 0 Å². The molecular formula is C36H96N20. The Hall–Kier alpha value is -0.800. The molecule has 24 N–H and O–H groups in total. The fourth-order valence-electron chi connectivity index (χ4n) is 5.68. The van der Waals surface area contributed by atoms with Gasteiger partial charge < -0.3 is 88.4 Å². The van der Waals surface area contributed by atoms with Crippen molar-refractivity contribution < 1.29 is 0 Å². The summed E-state index contributed by atoms with van der Waals surface area (Å²) in [6, 6.07) is 0.